The van der Waals surface area contributed by atoms with Gasteiger partial charge in [0.25, 0.3) is 22.7 Å². The smallest absolute Gasteiger partial charge is 0.335 e. The number of halogens is 1. The van der Waals surface area contributed by atoms with E-state index in [1.807, 2.05) is 0 Å². The van der Waals surface area contributed by atoms with Crippen molar-refractivity contribution in [1.82, 2.24) is 25.2 Å². The second-order valence-electron chi connectivity index (χ2n) is 9.91. The van der Waals surface area contributed by atoms with Crippen molar-refractivity contribution < 1.29 is 23.9 Å². The SMILES string of the molecule is Cc1cc(CNC(=O)c2cc(C(=O)NCc3ccc(F)c(CNc4c(N)c(=O)c4=O)c3)nc3cc(N)nn23)ccc1C(=O)O. The molecule has 2 aromatic heterocycles. The number of anilines is 3. The first-order valence-electron chi connectivity index (χ1n) is 13.1. The first-order valence-corrected chi connectivity index (χ1v) is 13.1. The summed E-state index contributed by atoms with van der Waals surface area (Å²) in [5.41, 5.74) is 11.5. The van der Waals surface area contributed by atoms with Gasteiger partial charge in [-0.2, -0.15) is 0 Å². The summed E-state index contributed by atoms with van der Waals surface area (Å²) in [4.78, 5) is 64.6. The Balaban J connectivity index is 1.29. The Kier molecular flexibility index (Phi) is 7.77. The molecule has 0 radical (unpaired) electrons. The third-order valence-corrected chi connectivity index (χ3v) is 6.85. The number of aromatic carboxylic acids is 1. The Labute approximate surface area is 247 Å². The van der Waals surface area contributed by atoms with Crippen molar-refractivity contribution in [1.29, 1.82) is 0 Å². The maximum Gasteiger partial charge on any atom is 0.335 e. The minimum absolute atomic E-state index is 0.0246. The minimum atomic E-state index is -1.06. The van der Waals surface area contributed by atoms with Gasteiger partial charge >= 0.3 is 5.97 Å². The fourth-order valence-electron chi connectivity index (χ4n) is 4.53. The van der Waals surface area contributed by atoms with Gasteiger partial charge in [0.05, 0.1) is 5.56 Å². The molecule has 2 heterocycles. The van der Waals surface area contributed by atoms with E-state index < -0.39 is 34.5 Å². The number of nitrogens with zero attached hydrogens (tertiary/aromatic N) is 3. The number of carboxylic acids is 1. The summed E-state index contributed by atoms with van der Waals surface area (Å²) in [6.07, 6.45) is 0. The first-order chi connectivity index (χ1) is 20.9. The number of hydrogen-bond donors (Lipinski definition) is 6. The molecule has 0 aliphatic rings. The molecule has 0 atom stereocenters. The maximum atomic E-state index is 14.4. The molecule has 224 valence electrons. The van der Waals surface area contributed by atoms with Crippen LogP contribution in [0.1, 0.15) is 53.6 Å². The van der Waals surface area contributed by atoms with Crippen LogP contribution in [-0.2, 0) is 19.6 Å². The number of aromatic nitrogens is 3. The molecule has 0 bridgehead atoms. The number of aryl methyl sites for hydroxylation is 1. The molecular weight excluding hydrogens is 575 g/mol. The molecule has 0 fully saturated rings. The van der Waals surface area contributed by atoms with E-state index in [1.54, 1.807) is 19.1 Å². The predicted molar refractivity (Wildman–Crippen MR) is 157 cm³/mol. The van der Waals surface area contributed by atoms with E-state index >= 15 is 0 Å². The number of benzene rings is 2. The summed E-state index contributed by atoms with van der Waals surface area (Å²) >= 11 is 0. The lowest BCUT2D eigenvalue weighted by Gasteiger charge is -2.12. The van der Waals surface area contributed by atoms with Crippen LogP contribution in [0.2, 0.25) is 0 Å². The Bertz CT molecular complexity index is 2050. The van der Waals surface area contributed by atoms with Gasteiger partial charge in [-0.1, -0.05) is 18.2 Å². The topological polar surface area (TPSA) is 224 Å². The molecular formula is C29H25FN8O6. The van der Waals surface area contributed by atoms with E-state index in [0.717, 1.165) is 0 Å². The van der Waals surface area contributed by atoms with Gasteiger partial charge in [0.2, 0.25) is 0 Å². The van der Waals surface area contributed by atoms with E-state index in [1.165, 1.54) is 40.9 Å². The van der Waals surface area contributed by atoms with Crippen molar-refractivity contribution in [2.75, 3.05) is 16.8 Å². The van der Waals surface area contributed by atoms with Crippen LogP contribution in [0.4, 0.5) is 21.6 Å². The second-order valence-corrected chi connectivity index (χ2v) is 9.91. The zero-order valence-corrected chi connectivity index (χ0v) is 23.1. The number of carbonyl (C=O) groups is 3. The minimum Gasteiger partial charge on any atom is -0.478 e. The summed E-state index contributed by atoms with van der Waals surface area (Å²) in [5.74, 6) is -2.78. The van der Waals surface area contributed by atoms with E-state index in [9.17, 15) is 33.5 Å². The van der Waals surface area contributed by atoms with Crippen molar-refractivity contribution in [3.05, 3.63) is 114 Å². The van der Waals surface area contributed by atoms with Gasteiger partial charge < -0.3 is 32.5 Å². The van der Waals surface area contributed by atoms with Crippen LogP contribution in [0.3, 0.4) is 0 Å². The molecule has 0 aliphatic carbocycles. The van der Waals surface area contributed by atoms with Crippen molar-refractivity contribution in [3.8, 4) is 0 Å². The fourth-order valence-corrected chi connectivity index (χ4v) is 4.53. The third-order valence-electron chi connectivity index (χ3n) is 6.85. The average molecular weight is 601 g/mol. The largest absolute Gasteiger partial charge is 0.478 e. The van der Waals surface area contributed by atoms with Gasteiger partial charge in [-0.3, -0.25) is 19.2 Å². The number of nitrogen functional groups attached to an aromatic ring is 2. The molecule has 0 unspecified atom stereocenters. The molecule has 5 rings (SSSR count). The maximum absolute atomic E-state index is 14.4. The average Bonchev–Trinajstić information content (AvgIpc) is 3.38. The highest BCUT2D eigenvalue weighted by Gasteiger charge is 2.20. The van der Waals surface area contributed by atoms with Crippen molar-refractivity contribution in [2.45, 2.75) is 26.6 Å². The molecule has 5 aromatic rings. The Morgan fingerprint density at radius 2 is 1.59 bits per heavy atom. The number of hydrogen-bond acceptors (Lipinski definition) is 10. The first kappa shape index (κ1) is 29.4. The summed E-state index contributed by atoms with van der Waals surface area (Å²) in [5, 5.41) is 21.4. The molecule has 3 aromatic carbocycles. The molecule has 0 saturated carbocycles. The zero-order chi connectivity index (χ0) is 31.7. The molecule has 0 saturated heterocycles. The van der Waals surface area contributed by atoms with E-state index in [4.69, 9.17) is 11.5 Å². The summed E-state index contributed by atoms with van der Waals surface area (Å²) in [6, 6.07) is 11.5. The van der Waals surface area contributed by atoms with Gasteiger partial charge in [-0.15, -0.1) is 5.10 Å². The highest BCUT2D eigenvalue weighted by atomic mass is 19.1. The molecule has 14 nitrogen and oxygen atoms in total. The molecule has 2 amide bonds. The van der Waals surface area contributed by atoms with Crippen LogP contribution in [0.25, 0.3) is 5.65 Å². The number of carboxylic acid groups (broad SMARTS) is 1. The lowest BCUT2D eigenvalue weighted by molar-refractivity contribution is 0.0695. The van der Waals surface area contributed by atoms with Gasteiger partial charge in [0.1, 0.15) is 34.4 Å². The molecule has 44 heavy (non-hydrogen) atoms. The number of rotatable bonds is 10. The standard InChI is InChI=1S/C29H25FN8O6/c1-13-6-14(2-4-17(13)29(43)44)10-35-28(42)20-8-19(36-22-9-21(31)37-38(20)22)27(41)34-11-15-3-5-18(30)16(7-15)12-33-24-23(32)25(39)26(24)40/h2-9,33H,10-12,32H2,1H3,(H2,31,37)(H,34,41)(H,35,42)(H,43,44). The van der Waals surface area contributed by atoms with Gasteiger partial charge in [0, 0.05) is 37.3 Å². The highest BCUT2D eigenvalue weighted by Crippen LogP contribution is 2.17. The highest BCUT2D eigenvalue weighted by molar-refractivity contribution is 5.98. The van der Waals surface area contributed by atoms with E-state index in [0.29, 0.717) is 16.7 Å². The van der Waals surface area contributed by atoms with Crippen LogP contribution in [0.15, 0.2) is 58.1 Å². The number of nitrogens with two attached hydrogens (primary N) is 2. The number of fused-ring (bicyclic) bond motifs is 1. The van der Waals surface area contributed by atoms with E-state index in [-0.39, 0.29) is 65.0 Å². The molecule has 0 aliphatic heterocycles. The zero-order valence-electron chi connectivity index (χ0n) is 23.1. The molecule has 0 spiro atoms. The summed E-state index contributed by atoms with van der Waals surface area (Å²) < 4.78 is 15.6. The van der Waals surface area contributed by atoms with Gasteiger partial charge in [0.15, 0.2) is 5.65 Å². The van der Waals surface area contributed by atoms with Crippen molar-refractivity contribution in [3.63, 3.8) is 0 Å². The monoisotopic (exact) mass is 600 g/mol. The van der Waals surface area contributed by atoms with Crippen LogP contribution < -0.4 is 38.3 Å². The van der Waals surface area contributed by atoms with Crippen LogP contribution in [0, 0.1) is 12.7 Å². The lowest BCUT2D eigenvalue weighted by Crippen LogP contribution is -2.37. The van der Waals surface area contributed by atoms with Crippen LogP contribution >= 0.6 is 0 Å². The van der Waals surface area contributed by atoms with Gasteiger partial charge in [-0.05, 0) is 41.8 Å². The van der Waals surface area contributed by atoms with Crippen molar-refractivity contribution >= 4 is 40.6 Å². The van der Waals surface area contributed by atoms with Crippen molar-refractivity contribution in [2.24, 2.45) is 0 Å². The molecule has 8 N–H and O–H groups in total. The van der Waals surface area contributed by atoms with Crippen LogP contribution in [0.5, 0.6) is 0 Å². The van der Waals surface area contributed by atoms with E-state index in [2.05, 4.69) is 26.0 Å². The second kappa shape index (κ2) is 11.6. The van der Waals surface area contributed by atoms with Crippen LogP contribution in [-0.4, -0.2) is 37.5 Å². The summed E-state index contributed by atoms with van der Waals surface area (Å²) in [7, 11) is 0. The summed E-state index contributed by atoms with van der Waals surface area (Å²) in [6.45, 7) is 1.57. The Morgan fingerprint density at radius 1 is 0.909 bits per heavy atom. The number of nitrogens with one attached hydrogen (secondary N) is 3. The lowest BCUT2D eigenvalue weighted by atomic mass is 10.1. The quantitative estimate of drug-likeness (QED) is 0.125. The normalized spacial score (nSPS) is 11.0. The van der Waals surface area contributed by atoms with Gasteiger partial charge in [-0.25, -0.2) is 18.7 Å². The number of amides is 2. The third kappa shape index (κ3) is 5.78. The fraction of sp³-hybridized carbons (Fsp3) is 0.138. The Hall–Kier alpha value is -6.12. The Morgan fingerprint density at radius 3 is 2.27 bits per heavy atom. The number of carbonyl (C=O) groups excluding carboxylic acids is 2. The predicted octanol–water partition coefficient (Wildman–Crippen LogP) is 1.11. The molecule has 15 heteroatoms.